The second-order valence-corrected chi connectivity index (χ2v) is 12.9. The number of thioether (sulfide) groups is 1. The molecule has 4 heterocycles. The van der Waals surface area contributed by atoms with Crippen LogP contribution in [0.15, 0.2) is 99.9 Å². The summed E-state index contributed by atoms with van der Waals surface area (Å²) in [4.78, 5) is 28.9. The van der Waals surface area contributed by atoms with E-state index in [1.54, 1.807) is 5.01 Å². The number of hydrogen-bond acceptors (Lipinski definition) is 10. The van der Waals surface area contributed by atoms with Gasteiger partial charge in [-0.25, -0.2) is 20.8 Å². The molecular weight excluding hydrogens is 591 g/mol. The Morgan fingerprint density at radius 3 is 2.04 bits per heavy atom. The van der Waals surface area contributed by atoms with Crippen LogP contribution in [-0.2, 0) is 0 Å². The van der Waals surface area contributed by atoms with Gasteiger partial charge in [-0.15, -0.1) is 0 Å². The molecule has 0 spiro atoms. The first-order chi connectivity index (χ1) is 22.1. The molecule has 0 radical (unpaired) electrons. The first-order valence-corrected chi connectivity index (χ1v) is 15.9. The Labute approximate surface area is 272 Å². The zero-order valence-electron chi connectivity index (χ0n) is 26.7. The molecule has 3 aromatic carbocycles. The van der Waals surface area contributed by atoms with E-state index >= 15 is 0 Å². The number of aryl methyl sites for hydroxylation is 2. The van der Waals surface area contributed by atoms with Crippen molar-refractivity contribution in [1.29, 1.82) is 0 Å². The van der Waals surface area contributed by atoms with Crippen LogP contribution in [0.4, 0.5) is 11.4 Å². The Morgan fingerprint density at radius 2 is 1.35 bits per heavy atom. The van der Waals surface area contributed by atoms with Crippen molar-refractivity contribution in [3.63, 3.8) is 0 Å². The molecule has 1 atom stereocenters. The average Bonchev–Trinajstić information content (AvgIpc) is 3.04. The van der Waals surface area contributed by atoms with E-state index in [1.807, 2.05) is 84.5 Å². The maximum atomic E-state index is 6.90. The Hall–Kier alpha value is -5.06. The third-order valence-corrected chi connectivity index (χ3v) is 8.99. The summed E-state index contributed by atoms with van der Waals surface area (Å²) in [5.74, 6) is 7.49. The molecular formula is C36H35N9S. The van der Waals surface area contributed by atoms with Gasteiger partial charge in [0.2, 0.25) is 0 Å². The van der Waals surface area contributed by atoms with E-state index in [1.165, 1.54) is 11.8 Å². The van der Waals surface area contributed by atoms with E-state index in [9.17, 15) is 0 Å². The summed E-state index contributed by atoms with van der Waals surface area (Å²) in [7, 11) is 8.18. The number of aliphatic imine (C=N–C) groups is 2. The third-order valence-electron chi connectivity index (χ3n) is 8.07. The molecule has 0 saturated carbocycles. The Bertz CT molecular complexity index is 2210. The lowest BCUT2D eigenvalue weighted by molar-refractivity contribution is 0.339. The lowest BCUT2D eigenvalue weighted by Crippen LogP contribution is -2.41. The highest BCUT2D eigenvalue weighted by Gasteiger charge is 2.28. The van der Waals surface area contributed by atoms with Crippen molar-refractivity contribution >= 4 is 66.8 Å². The maximum Gasteiger partial charge on any atom is 0.188 e. The van der Waals surface area contributed by atoms with E-state index in [0.717, 1.165) is 71.6 Å². The fourth-order valence-corrected chi connectivity index (χ4v) is 6.64. The number of rotatable bonds is 5. The van der Waals surface area contributed by atoms with Crippen LogP contribution in [0, 0.1) is 13.8 Å². The highest BCUT2D eigenvalue weighted by Crippen LogP contribution is 2.35. The van der Waals surface area contributed by atoms with E-state index in [4.69, 9.17) is 30.8 Å². The summed E-state index contributed by atoms with van der Waals surface area (Å²) in [6, 6.07) is 28.8. The molecule has 0 amide bonds. The van der Waals surface area contributed by atoms with Gasteiger partial charge in [0.15, 0.2) is 17.2 Å². The molecule has 0 saturated heterocycles. The maximum absolute atomic E-state index is 6.90. The van der Waals surface area contributed by atoms with Gasteiger partial charge in [0.25, 0.3) is 0 Å². The summed E-state index contributed by atoms with van der Waals surface area (Å²) in [5.41, 5.74) is 8.70. The summed E-state index contributed by atoms with van der Waals surface area (Å²) in [5, 5.41) is 6.19. The monoisotopic (exact) mass is 625 g/mol. The number of aromatic nitrogens is 3. The number of para-hydroxylation sites is 1. The standard InChI is InChI=1S/C36H35N9S/c1-21-17-31(43(3)4)26-19-24(11-14-29(26)38-21)34-41-35(25-12-15-30-27(20-25)32(44(5)6)18-22(2)39-30)45(37)36(42-34)46-33-16-13-23-9-7-8-10-28(23)40-33/h7-20,35H,37H2,1-6H3. The smallest absolute Gasteiger partial charge is 0.188 e. The number of hydrazine groups is 1. The molecule has 46 heavy (non-hydrogen) atoms. The molecule has 0 bridgehead atoms. The van der Waals surface area contributed by atoms with Gasteiger partial charge in [-0.3, -0.25) is 15.0 Å². The minimum absolute atomic E-state index is 0.531. The first-order valence-electron chi connectivity index (χ1n) is 15.1. The Balaban J connectivity index is 1.38. The SMILES string of the molecule is Cc1cc(N(C)C)c2cc(C3=NC(c4ccc5nc(C)cc(N(C)C)c5c4)N(N)C(Sc4ccc5ccccc5n4)=N3)ccc2n1. The summed E-state index contributed by atoms with van der Waals surface area (Å²) >= 11 is 1.43. The lowest BCUT2D eigenvalue weighted by Gasteiger charge is -2.31. The quantitative estimate of drug-likeness (QED) is 0.208. The molecule has 1 aliphatic rings. The number of anilines is 2. The van der Waals surface area contributed by atoms with Crippen LogP contribution in [0.25, 0.3) is 32.7 Å². The molecule has 9 nitrogen and oxygen atoms in total. The number of fused-ring (bicyclic) bond motifs is 3. The van der Waals surface area contributed by atoms with Gasteiger partial charge in [0.05, 0.1) is 16.6 Å². The van der Waals surface area contributed by atoms with Gasteiger partial charge in [-0.2, -0.15) is 0 Å². The highest BCUT2D eigenvalue weighted by atomic mass is 32.2. The van der Waals surface area contributed by atoms with Crippen molar-refractivity contribution in [2.45, 2.75) is 25.0 Å². The van der Waals surface area contributed by atoms with Gasteiger partial charge in [-0.1, -0.05) is 30.3 Å². The van der Waals surface area contributed by atoms with E-state index in [2.05, 4.69) is 52.3 Å². The van der Waals surface area contributed by atoms with Gasteiger partial charge < -0.3 is 9.80 Å². The third kappa shape index (κ3) is 5.50. The van der Waals surface area contributed by atoms with Crippen molar-refractivity contribution in [2.75, 3.05) is 38.0 Å². The van der Waals surface area contributed by atoms with Crippen LogP contribution in [0.1, 0.15) is 28.7 Å². The number of nitrogens with zero attached hydrogens (tertiary/aromatic N) is 8. The fourth-order valence-electron chi connectivity index (χ4n) is 5.84. The van der Waals surface area contributed by atoms with Crippen molar-refractivity contribution in [3.8, 4) is 0 Å². The van der Waals surface area contributed by atoms with Crippen molar-refractivity contribution < 1.29 is 0 Å². The van der Waals surface area contributed by atoms with E-state index in [-0.39, 0.29) is 0 Å². The Kier molecular flexibility index (Phi) is 7.54. The minimum Gasteiger partial charge on any atom is -0.377 e. The fraction of sp³-hybridized carbons (Fsp3) is 0.194. The molecule has 7 rings (SSSR count). The van der Waals surface area contributed by atoms with Gasteiger partial charge >= 0.3 is 0 Å². The normalized spacial score (nSPS) is 14.9. The predicted octanol–water partition coefficient (Wildman–Crippen LogP) is 6.86. The zero-order chi connectivity index (χ0) is 32.1. The highest BCUT2D eigenvalue weighted by molar-refractivity contribution is 8.13. The van der Waals surface area contributed by atoms with Gasteiger partial charge in [-0.05, 0) is 85.8 Å². The minimum atomic E-state index is -0.531. The van der Waals surface area contributed by atoms with Gasteiger partial charge in [0, 0.05) is 72.7 Å². The molecule has 230 valence electrons. The molecule has 0 fully saturated rings. The number of amidine groups is 2. The molecule has 3 aromatic heterocycles. The number of nitrogens with two attached hydrogens (primary N) is 1. The van der Waals surface area contributed by atoms with Gasteiger partial charge in [0.1, 0.15) is 5.03 Å². The topological polar surface area (TPSA) is 99.1 Å². The Morgan fingerprint density at radius 1 is 0.696 bits per heavy atom. The van der Waals surface area contributed by atoms with Crippen LogP contribution in [0.5, 0.6) is 0 Å². The first kappa shape index (κ1) is 29.6. The van der Waals surface area contributed by atoms with Crippen molar-refractivity contribution in [2.24, 2.45) is 15.8 Å². The summed E-state index contributed by atoms with van der Waals surface area (Å²) in [6.07, 6.45) is -0.531. The molecule has 1 aliphatic heterocycles. The van der Waals surface area contributed by atoms with Crippen LogP contribution in [0.2, 0.25) is 0 Å². The van der Waals surface area contributed by atoms with Crippen molar-refractivity contribution in [3.05, 3.63) is 107 Å². The lowest BCUT2D eigenvalue weighted by atomic mass is 10.0. The van der Waals surface area contributed by atoms with Crippen LogP contribution in [0.3, 0.4) is 0 Å². The van der Waals surface area contributed by atoms with Crippen LogP contribution in [-0.4, -0.2) is 59.2 Å². The zero-order valence-corrected chi connectivity index (χ0v) is 27.5. The number of hydrogen-bond donors (Lipinski definition) is 1. The molecule has 1 unspecified atom stereocenters. The van der Waals surface area contributed by atoms with E-state index < -0.39 is 6.17 Å². The van der Waals surface area contributed by atoms with Crippen LogP contribution >= 0.6 is 11.8 Å². The molecule has 2 N–H and O–H groups in total. The predicted molar refractivity (Wildman–Crippen MR) is 192 cm³/mol. The summed E-state index contributed by atoms with van der Waals surface area (Å²) < 4.78 is 0. The molecule has 6 aromatic rings. The second kappa shape index (κ2) is 11.7. The molecule has 0 aliphatic carbocycles. The van der Waals surface area contributed by atoms with Crippen molar-refractivity contribution in [1.82, 2.24) is 20.0 Å². The average molecular weight is 626 g/mol. The largest absolute Gasteiger partial charge is 0.377 e. The second-order valence-electron chi connectivity index (χ2n) is 11.9. The molecule has 10 heteroatoms. The number of benzene rings is 3. The van der Waals surface area contributed by atoms with Crippen LogP contribution < -0.4 is 15.6 Å². The number of pyridine rings is 3. The van der Waals surface area contributed by atoms with E-state index in [0.29, 0.717) is 11.0 Å². The summed E-state index contributed by atoms with van der Waals surface area (Å²) in [6.45, 7) is 4.03.